The predicted octanol–water partition coefficient (Wildman–Crippen LogP) is 0.169. The lowest BCUT2D eigenvalue weighted by atomic mass is 10.1. The van der Waals surface area contributed by atoms with Gasteiger partial charge in [0.2, 0.25) is 5.91 Å². The number of likely N-dealkylation sites (tertiary alicyclic amines) is 1. The smallest absolute Gasteiger partial charge is 0.219 e. The van der Waals surface area contributed by atoms with Gasteiger partial charge in [0.1, 0.15) is 0 Å². The summed E-state index contributed by atoms with van der Waals surface area (Å²) in [5, 5.41) is 8.88. The zero-order chi connectivity index (χ0) is 11.3. The molecule has 0 bridgehead atoms. The van der Waals surface area contributed by atoms with Crippen molar-refractivity contribution in [3.05, 3.63) is 0 Å². The molecule has 0 aromatic rings. The second kappa shape index (κ2) is 6.08. The van der Waals surface area contributed by atoms with Crippen LogP contribution in [0, 0.1) is 5.92 Å². The fraction of sp³-hybridized carbons (Fsp3) is 0.909. The lowest BCUT2D eigenvalue weighted by Gasteiger charge is -2.23. The van der Waals surface area contributed by atoms with Crippen molar-refractivity contribution in [2.24, 2.45) is 5.92 Å². The first-order valence-electron chi connectivity index (χ1n) is 5.76. The minimum Gasteiger partial charge on any atom is -0.395 e. The van der Waals surface area contributed by atoms with Gasteiger partial charge in [-0.1, -0.05) is 6.92 Å². The number of hydrogen-bond donors (Lipinski definition) is 1. The van der Waals surface area contributed by atoms with Crippen LogP contribution in [0.4, 0.5) is 0 Å². The number of carbonyl (C=O) groups excluding carboxylic acids is 1. The molecule has 1 heterocycles. The predicted molar refractivity (Wildman–Crippen MR) is 59.6 cm³/mol. The van der Waals surface area contributed by atoms with Crippen LogP contribution in [-0.4, -0.2) is 60.1 Å². The maximum atomic E-state index is 11.1. The number of nitrogens with zero attached hydrogens (tertiary/aromatic N) is 2. The Balaban J connectivity index is 2.30. The van der Waals surface area contributed by atoms with Gasteiger partial charge in [-0.2, -0.15) is 0 Å². The van der Waals surface area contributed by atoms with Crippen LogP contribution in [0.5, 0.6) is 0 Å². The van der Waals surface area contributed by atoms with Gasteiger partial charge in [0.15, 0.2) is 0 Å². The Kier molecular flexibility index (Phi) is 5.05. The molecule has 1 atom stereocenters. The first kappa shape index (κ1) is 12.5. The van der Waals surface area contributed by atoms with E-state index in [9.17, 15) is 4.79 Å². The molecule has 0 aliphatic carbocycles. The summed E-state index contributed by atoms with van der Waals surface area (Å²) >= 11 is 0. The Morgan fingerprint density at radius 3 is 2.80 bits per heavy atom. The largest absolute Gasteiger partial charge is 0.395 e. The van der Waals surface area contributed by atoms with Crippen LogP contribution in [0.1, 0.15) is 20.3 Å². The average molecular weight is 214 g/mol. The Hall–Kier alpha value is -0.610. The molecule has 0 radical (unpaired) electrons. The lowest BCUT2D eigenvalue weighted by Crippen LogP contribution is -2.34. The number of likely N-dealkylation sites (N-methyl/N-ethyl adjacent to an activating group) is 1. The number of rotatable bonds is 5. The van der Waals surface area contributed by atoms with Crippen LogP contribution < -0.4 is 0 Å². The molecule has 0 unspecified atom stereocenters. The fourth-order valence-electron chi connectivity index (χ4n) is 2.15. The molecule has 1 saturated heterocycles. The molecule has 0 spiro atoms. The third-order valence-corrected chi connectivity index (χ3v) is 3.11. The summed E-state index contributed by atoms with van der Waals surface area (Å²) in [5.41, 5.74) is 0. The van der Waals surface area contributed by atoms with Crippen LogP contribution in [-0.2, 0) is 4.79 Å². The van der Waals surface area contributed by atoms with Gasteiger partial charge in [-0.25, -0.2) is 0 Å². The lowest BCUT2D eigenvalue weighted by molar-refractivity contribution is -0.127. The van der Waals surface area contributed by atoms with E-state index in [1.807, 2.05) is 4.90 Å². The number of carbonyl (C=O) groups is 1. The van der Waals surface area contributed by atoms with E-state index in [4.69, 9.17) is 5.11 Å². The number of aliphatic hydroxyl groups is 1. The Morgan fingerprint density at radius 1 is 1.60 bits per heavy atom. The van der Waals surface area contributed by atoms with Gasteiger partial charge in [-0.3, -0.25) is 4.79 Å². The molecule has 1 N–H and O–H groups in total. The standard InChI is InChI=1S/C11H22N2O2/c1-3-12(6-7-14)8-11-4-5-13(9-11)10(2)15/h11,14H,3-9H2,1-2H3/t11-/m0/s1. The van der Waals surface area contributed by atoms with Gasteiger partial charge >= 0.3 is 0 Å². The Labute approximate surface area is 91.9 Å². The molecule has 0 aromatic heterocycles. The van der Waals surface area contributed by atoms with Gasteiger partial charge in [0.25, 0.3) is 0 Å². The summed E-state index contributed by atoms with van der Waals surface area (Å²) in [4.78, 5) is 15.3. The summed E-state index contributed by atoms with van der Waals surface area (Å²) in [5.74, 6) is 0.767. The van der Waals surface area contributed by atoms with Crippen LogP contribution in [0.2, 0.25) is 0 Å². The first-order chi connectivity index (χ1) is 7.17. The van der Waals surface area contributed by atoms with Crippen molar-refractivity contribution in [2.75, 3.05) is 39.3 Å². The SMILES string of the molecule is CCN(CCO)C[C@@H]1CCN(C(C)=O)C1. The third kappa shape index (κ3) is 3.80. The summed E-state index contributed by atoms with van der Waals surface area (Å²) in [7, 11) is 0. The highest BCUT2D eigenvalue weighted by Gasteiger charge is 2.25. The second-order valence-electron chi connectivity index (χ2n) is 4.24. The van der Waals surface area contributed by atoms with E-state index < -0.39 is 0 Å². The zero-order valence-corrected chi connectivity index (χ0v) is 9.78. The normalized spacial score (nSPS) is 21.3. The number of hydrogen-bond acceptors (Lipinski definition) is 3. The molecule has 1 aliphatic rings. The van der Waals surface area contributed by atoms with Crippen molar-refractivity contribution in [1.82, 2.24) is 9.80 Å². The topological polar surface area (TPSA) is 43.8 Å². The highest BCUT2D eigenvalue weighted by molar-refractivity contribution is 5.73. The maximum Gasteiger partial charge on any atom is 0.219 e. The van der Waals surface area contributed by atoms with Gasteiger partial charge in [-0.15, -0.1) is 0 Å². The molecule has 1 amide bonds. The molecule has 1 aliphatic heterocycles. The van der Waals surface area contributed by atoms with Crippen molar-refractivity contribution in [2.45, 2.75) is 20.3 Å². The van der Waals surface area contributed by atoms with E-state index in [0.29, 0.717) is 5.92 Å². The van der Waals surface area contributed by atoms with E-state index in [0.717, 1.165) is 39.1 Å². The monoisotopic (exact) mass is 214 g/mol. The molecule has 1 rings (SSSR count). The molecule has 4 nitrogen and oxygen atoms in total. The molecule has 88 valence electrons. The summed E-state index contributed by atoms with van der Waals surface area (Å²) in [6.45, 7) is 8.46. The fourth-order valence-corrected chi connectivity index (χ4v) is 2.15. The van der Waals surface area contributed by atoms with Gasteiger partial charge in [-0.05, 0) is 18.9 Å². The van der Waals surface area contributed by atoms with Crippen molar-refractivity contribution >= 4 is 5.91 Å². The minimum atomic E-state index is 0.183. The maximum absolute atomic E-state index is 11.1. The van der Waals surface area contributed by atoms with E-state index in [-0.39, 0.29) is 12.5 Å². The Morgan fingerprint density at radius 2 is 2.33 bits per heavy atom. The molecule has 15 heavy (non-hydrogen) atoms. The summed E-state index contributed by atoms with van der Waals surface area (Å²) in [6.07, 6.45) is 1.10. The molecular formula is C11H22N2O2. The summed E-state index contributed by atoms with van der Waals surface area (Å²) in [6, 6.07) is 0. The number of amides is 1. The van der Waals surface area contributed by atoms with Gasteiger partial charge in [0, 0.05) is 33.1 Å². The molecular weight excluding hydrogens is 192 g/mol. The first-order valence-corrected chi connectivity index (χ1v) is 5.76. The quantitative estimate of drug-likeness (QED) is 0.709. The van der Waals surface area contributed by atoms with Gasteiger partial charge < -0.3 is 14.9 Å². The third-order valence-electron chi connectivity index (χ3n) is 3.11. The van der Waals surface area contributed by atoms with E-state index >= 15 is 0 Å². The van der Waals surface area contributed by atoms with Gasteiger partial charge in [0.05, 0.1) is 6.61 Å². The summed E-state index contributed by atoms with van der Waals surface area (Å²) < 4.78 is 0. The molecule has 4 heteroatoms. The number of aliphatic hydroxyl groups excluding tert-OH is 1. The molecule has 0 aromatic carbocycles. The van der Waals surface area contributed by atoms with Crippen molar-refractivity contribution < 1.29 is 9.90 Å². The van der Waals surface area contributed by atoms with E-state index in [2.05, 4.69) is 11.8 Å². The zero-order valence-electron chi connectivity index (χ0n) is 9.78. The van der Waals surface area contributed by atoms with Crippen LogP contribution in [0.3, 0.4) is 0 Å². The second-order valence-corrected chi connectivity index (χ2v) is 4.24. The van der Waals surface area contributed by atoms with Crippen molar-refractivity contribution in [3.8, 4) is 0 Å². The Bertz CT molecular complexity index is 209. The van der Waals surface area contributed by atoms with Crippen molar-refractivity contribution in [3.63, 3.8) is 0 Å². The van der Waals surface area contributed by atoms with Crippen LogP contribution in [0.25, 0.3) is 0 Å². The van der Waals surface area contributed by atoms with Crippen LogP contribution in [0.15, 0.2) is 0 Å². The minimum absolute atomic E-state index is 0.183. The van der Waals surface area contributed by atoms with Crippen molar-refractivity contribution in [1.29, 1.82) is 0 Å². The average Bonchev–Trinajstić information content (AvgIpc) is 2.65. The highest BCUT2D eigenvalue weighted by atomic mass is 16.3. The van der Waals surface area contributed by atoms with Crippen LogP contribution >= 0.6 is 0 Å². The molecule has 1 fully saturated rings. The van der Waals surface area contributed by atoms with E-state index in [1.165, 1.54) is 0 Å². The molecule has 0 saturated carbocycles. The highest BCUT2D eigenvalue weighted by Crippen LogP contribution is 2.17. The van der Waals surface area contributed by atoms with E-state index in [1.54, 1.807) is 6.92 Å².